The molecule has 0 unspecified atom stereocenters. The number of aromatic nitrogens is 5. The molecule has 39 heavy (non-hydrogen) atoms. The number of ether oxygens (including phenoxy) is 2. The molecule has 3 aromatic heterocycles. The molecule has 5 aromatic rings. The molecular weight excluding hydrogens is 502 g/mol. The molecule has 0 saturated carbocycles. The van der Waals surface area contributed by atoms with E-state index in [9.17, 15) is 9.59 Å². The van der Waals surface area contributed by atoms with Crippen LogP contribution in [0.3, 0.4) is 0 Å². The molecule has 196 valence electrons. The highest BCUT2D eigenvalue weighted by atomic mass is 16.5. The maximum atomic E-state index is 12.4. The van der Waals surface area contributed by atoms with E-state index in [-0.39, 0.29) is 36.8 Å². The Hall–Kier alpha value is -5.19. The monoisotopic (exact) mass is 525 g/mol. The lowest BCUT2D eigenvalue weighted by molar-refractivity contribution is -0.141. The van der Waals surface area contributed by atoms with E-state index in [0.29, 0.717) is 34.8 Å². The van der Waals surface area contributed by atoms with Gasteiger partial charge in [-0.1, -0.05) is 52.3 Å². The molecule has 0 N–H and O–H groups in total. The Morgan fingerprint density at radius 1 is 0.744 bits per heavy atom. The average molecular weight is 526 g/mol. The van der Waals surface area contributed by atoms with Crippen molar-refractivity contribution < 1.29 is 28.1 Å². The molecule has 3 heterocycles. The van der Waals surface area contributed by atoms with Crippen LogP contribution in [0.25, 0.3) is 45.9 Å². The van der Waals surface area contributed by atoms with E-state index >= 15 is 0 Å². The summed E-state index contributed by atoms with van der Waals surface area (Å²) in [6, 6.07) is 19.7. The largest absolute Gasteiger partial charge is 0.466 e. The van der Waals surface area contributed by atoms with Crippen molar-refractivity contribution in [1.29, 1.82) is 0 Å². The van der Waals surface area contributed by atoms with Crippen LogP contribution < -0.4 is 0 Å². The molecule has 0 fully saturated rings. The van der Waals surface area contributed by atoms with Crippen molar-refractivity contribution in [2.75, 3.05) is 13.2 Å². The number of carbonyl (C=O) groups excluding carboxylic acids is 2. The van der Waals surface area contributed by atoms with Crippen LogP contribution in [0.5, 0.6) is 0 Å². The number of rotatable bonds is 9. The molecule has 0 bridgehead atoms. The zero-order chi connectivity index (χ0) is 27.2. The number of benzene rings is 2. The Morgan fingerprint density at radius 3 is 1.97 bits per heavy atom. The van der Waals surface area contributed by atoms with E-state index in [2.05, 4.69) is 25.3 Å². The highest BCUT2D eigenvalue weighted by Gasteiger charge is 2.17. The van der Waals surface area contributed by atoms with Gasteiger partial charge in [0.2, 0.25) is 11.6 Å². The molecule has 0 amide bonds. The fourth-order valence-corrected chi connectivity index (χ4v) is 3.65. The van der Waals surface area contributed by atoms with Crippen LogP contribution >= 0.6 is 0 Å². The van der Waals surface area contributed by atoms with Crippen molar-refractivity contribution in [2.45, 2.75) is 20.3 Å². The van der Waals surface area contributed by atoms with Crippen LogP contribution in [0.15, 0.2) is 75.8 Å². The van der Waals surface area contributed by atoms with E-state index in [1.54, 1.807) is 42.5 Å². The summed E-state index contributed by atoms with van der Waals surface area (Å²) < 4.78 is 21.0. The predicted molar refractivity (Wildman–Crippen MR) is 138 cm³/mol. The van der Waals surface area contributed by atoms with E-state index < -0.39 is 5.97 Å². The molecule has 0 spiro atoms. The molecule has 0 atom stereocenters. The third-order valence-electron chi connectivity index (χ3n) is 5.50. The first-order valence-corrected chi connectivity index (χ1v) is 12.1. The van der Waals surface area contributed by atoms with Crippen LogP contribution in [0, 0.1) is 6.92 Å². The molecule has 11 nitrogen and oxygen atoms in total. The minimum Gasteiger partial charge on any atom is -0.466 e. The summed E-state index contributed by atoms with van der Waals surface area (Å²) in [4.78, 5) is 36.7. The molecule has 2 aromatic carbocycles. The number of hydrogen-bond acceptors (Lipinski definition) is 11. The van der Waals surface area contributed by atoms with Gasteiger partial charge in [0.15, 0.2) is 0 Å². The summed E-state index contributed by atoms with van der Waals surface area (Å²) in [7, 11) is 0. The highest BCUT2D eigenvalue weighted by Crippen LogP contribution is 2.26. The van der Waals surface area contributed by atoms with Crippen LogP contribution in [-0.2, 0) is 14.3 Å². The first-order chi connectivity index (χ1) is 19.0. The summed E-state index contributed by atoms with van der Waals surface area (Å²) in [5, 5.41) is 8.11. The normalized spacial score (nSPS) is 10.8. The topological polar surface area (TPSA) is 143 Å². The zero-order valence-electron chi connectivity index (χ0n) is 21.2. The maximum absolute atomic E-state index is 12.4. The van der Waals surface area contributed by atoms with E-state index in [0.717, 1.165) is 11.1 Å². The number of aryl methyl sites for hydroxylation is 1. The Bertz CT molecular complexity index is 1630. The number of esters is 2. The van der Waals surface area contributed by atoms with Gasteiger partial charge in [0.05, 0.1) is 18.8 Å². The zero-order valence-corrected chi connectivity index (χ0v) is 21.2. The van der Waals surface area contributed by atoms with Crippen molar-refractivity contribution in [3.05, 3.63) is 77.9 Å². The average Bonchev–Trinajstić information content (AvgIpc) is 3.64. The van der Waals surface area contributed by atoms with Gasteiger partial charge in [0.25, 0.3) is 11.8 Å². The van der Waals surface area contributed by atoms with E-state index in [1.165, 1.54) is 6.92 Å². The summed E-state index contributed by atoms with van der Waals surface area (Å²) in [5.74, 6) is 0.292. The Balaban J connectivity index is 1.29. The molecular formula is C28H23N5O6. The van der Waals surface area contributed by atoms with Crippen molar-refractivity contribution in [2.24, 2.45) is 0 Å². The Kier molecular flexibility index (Phi) is 7.48. The molecule has 0 radical (unpaired) electrons. The summed E-state index contributed by atoms with van der Waals surface area (Å²) in [6.07, 6.45) is 0.405. The minimum absolute atomic E-state index is 0.122. The van der Waals surface area contributed by atoms with Gasteiger partial charge < -0.3 is 18.5 Å². The van der Waals surface area contributed by atoms with Crippen LogP contribution in [0.4, 0.5) is 0 Å². The van der Waals surface area contributed by atoms with E-state index in [4.69, 9.17) is 18.5 Å². The lowest BCUT2D eigenvalue weighted by Crippen LogP contribution is -2.09. The van der Waals surface area contributed by atoms with Crippen LogP contribution in [-0.4, -0.2) is 50.4 Å². The number of pyridine rings is 1. The van der Waals surface area contributed by atoms with Gasteiger partial charge in [0, 0.05) is 24.5 Å². The molecule has 5 rings (SSSR count). The van der Waals surface area contributed by atoms with Gasteiger partial charge in [-0.15, -0.1) is 0 Å². The summed E-state index contributed by atoms with van der Waals surface area (Å²) in [5.41, 5.74) is 3.70. The van der Waals surface area contributed by atoms with Gasteiger partial charge in [-0.3, -0.25) is 4.79 Å². The Labute approximate surface area is 222 Å². The first-order valence-electron chi connectivity index (χ1n) is 12.1. The van der Waals surface area contributed by atoms with Gasteiger partial charge in [-0.25, -0.2) is 9.78 Å². The van der Waals surface area contributed by atoms with Gasteiger partial charge >= 0.3 is 11.9 Å². The lowest BCUT2D eigenvalue weighted by Gasteiger charge is -2.05. The molecule has 11 heteroatoms. The number of carbonyl (C=O) groups is 2. The fourth-order valence-electron chi connectivity index (χ4n) is 3.65. The fraction of sp³-hybridized carbons (Fsp3) is 0.179. The maximum Gasteiger partial charge on any atom is 0.338 e. The molecule has 0 saturated heterocycles. The van der Waals surface area contributed by atoms with Gasteiger partial charge in [-0.05, 0) is 37.3 Å². The first kappa shape index (κ1) is 25.5. The smallest absolute Gasteiger partial charge is 0.338 e. The molecule has 0 aliphatic carbocycles. The van der Waals surface area contributed by atoms with Crippen molar-refractivity contribution in [1.82, 2.24) is 25.3 Å². The minimum atomic E-state index is -0.512. The molecule has 0 aliphatic rings. The quantitative estimate of drug-likeness (QED) is 0.191. The van der Waals surface area contributed by atoms with Crippen LogP contribution in [0.1, 0.15) is 29.3 Å². The van der Waals surface area contributed by atoms with Crippen molar-refractivity contribution >= 4 is 11.9 Å². The molecule has 0 aliphatic heterocycles. The van der Waals surface area contributed by atoms with Crippen molar-refractivity contribution in [3.8, 4) is 45.9 Å². The van der Waals surface area contributed by atoms with Gasteiger partial charge in [-0.2, -0.15) is 9.97 Å². The number of nitrogens with zero attached hydrogens (tertiary/aromatic N) is 5. The van der Waals surface area contributed by atoms with Gasteiger partial charge in [0.1, 0.15) is 11.4 Å². The second-order valence-corrected chi connectivity index (χ2v) is 8.53. The lowest BCUT2D eigenvalue weighted by atomic mass is 10.1. The third kappa shape index (κ3) is 6.21. The predicted octanol–water partition coefficient (Wildman–Crippen LogP) is 4.93. The second kappa shape index (κ2) is 11.5. The Morgan fingerprint density at radius 2 is 1.33 bits per heavy atom. The van der Waals surface area contributed by atoms with Crippen LogP contribution in [0.2, 0.25) is 0 Å². The third-order valence-corrected chi connectivity index (χ3v) is 5.50. The highest BCUT2D eigenvalue weighted by molar-refractivity contribution is 5.90. The summed E-state index contributed by atoms with van der Waals surface area (Å²) >= 11 is 0. The second-order valence-electron chi connectivity index (χ2n) is 8.53. The van der Waals surface area contributed by atoms with E-state index in [1.807, 2.05) is 31.2 Å². The standard InChI is InChI=1S/C28H23N5O6/c1-17-7-3-8-19(15-17)24-30-26(38-32-24)22-11-5-12-23(29-22)27-31-25(33-39-27)20-9-4-10-21(16-20)28(35)37-14-6-13-36-18(2)34/h3-5,7-12,15-16H,6,13-14H2,1-2H3. The van der Waals surface area contributed by atoms with Crippen molar-refractivity contribution in [3.63, 3.8) is 0 Å². The summed E-state index contributed by atoms with van der Waals surface area (Å²) in [6.45, 7) is 3.62. The number of hydrogen-bond donors (Lipinski definition) is 0. The SMILES string of the molecule is CC(=O)OCCCOC(=O)c1cccc(-c2noc(-c3cccc(-c4nc(-c5cccc(C)c5)no4)n3)n2)c1.